The van der Waals surface area contributed by atoms with Gasteiger partial charge in [0.05, 0.1) is 24.5 Å². The zero-order chi connectivity index (χ0) is 21.2. The van der Waals surface area contributed by atoms with E-state index in [0.29, 0.717) is 5.88 Å². The monoisotopic (exact) mass is 414 g/mol. The number of fused-ring (bicyclic) bond motifs is 1. The van der Waals surface area contributed by atoms with Crippen LogP contribution in [0.5, 0.6) is 5.88 Å². The minimum atomic E-state index is 0.224. The lowest BCUT2D eigenvalue weighted by Crippen LogP contribution is -2.46. The SMILES string of the molecule is COc1ncccc1CN1CCN(C)C(c2cn3c(-c4ccncc4)cccc3n2)C1. The largest absolute Gasteiger partial charge is 0.481 e. The topological polar surface area (TPSA) is 58.8 Å². The van der Waals surface area contributed by atoms with E-state index in [1.807, 2.05) is 30.6 Å². The second-order valence-electron chi connectivity index (χ2n) is 7.94. The van der Waals surface area contributed by atoms with Crippen LogP contribution in [0.1, 0.15) is 17.3 Å². The highest BCUT2D eigenvalue weighted by atomic mass is 16.5. The van der Waals surface area contributed by atoms with Crippen molar-refractivity contribution >= 4 is 5.65 Å². The van der Waals surface area contributed by atoms with Crippen molar-refractivity contribution in [2.24, 2.45) is 0 Å². The summed E-state index contributed by atoms with van der Waals surface area (Å²) in [4.78, 5) is 18.3. The van der Waals surface area contributed by atoms with Gasteiger partial charge in [0.25, 0.3) is 0 Å². The van der Waals surface area contributed by atoms with Crippen LogP contribution in [0.15, 0.2) is 67.3 Å². The van der Waals surface area contributed by atoms with Gasteiger partial charge in [0.1, 0.15) is 5.65 Å². The molecule has 7 nitrogen and oxygen atoms in total. The molecule has 1 fully saturated rings. The minimum Gasteiger partial charge on any atom is -0.481 e. The number of methoxy groups -OCH3 is 1. The van der Waals surface area contributed by atoms with Crippen LogP contribution in [-0.2, 0) is 6.54 Å². The van der Waals surface area contributed by atoms with Gasteiger partial charge in [-0.05, 0) is 37.4 Å². The highest BCUT2D eigenvalue weighted by Crippen LogP contribution is 2.28. The molecule has 1 aliphatic heterocycles. The predicted molar refractivity (Wildman–Crippen MR) is 120 cm³/mol. The average molecular weight is 415 g/mol. The fourth-order valence-corrected chi connectivity index (χ4v) is 4.31. The number of hydrogen-bond donors (Lipinski definition) is 0. The molecule has 158 valence electrons. The van der Waals surface area contributed by atoms with E-state index < -0.39 is 0 Å². The smallest absolute Gasteiger partial charge is 0.217 e. The van der Waals surface area contributed by atoms with E-state index in [0.717, 1.165) is 54.3 Å². The van der Waals surface area contributed by atoms with Gasteiger partial charge in [-0.1, -0.05) is 12.1 Å². The van der Waals surface area contributed by atoms with Gasteiger partial charge in [-0.15, -0.1) is 0 Å². The molecule has 7 heteroatoms. The Labute approximate surface area is 182 Å². The van der Waals surface area contributed by atoms with E-state index in [1.54, 1.807) is 13.3 Å². The second kappa shape index (κ2) is 8.45. The fraction of sp³-hybridized carbons (Fsp3) is 0.292. The quantitative estimate of drug-likeness (QED) is 0.500. The van der Waals surface area contributed by atoms with Crippen LogP contribution >= 0.6 is 0 Å². The number of aromatic nitrogens is 4. The first kappa shape index (κ1) is 19.7. The number of ether oxygens (including phenoxy) is 1. The van der Waals surface area contributed by atoms with Crippen LogP contribution in [0.3, 0.4) is 0 Å². The summed E-state index contributed by atoms with van der Waals surface area (Å²) in [5.74, 6) is 0.702. The van der Waals surface area contributed by atoms with Crippen LogP contribution in [0.2, 0.25) is 0 Å². The Balaban J connectivity index is 1.43. The Morgan fingerprint density at radius 2 is 1.90 bits per heavy atom. The van der Waals surface area contributed by atoms with E-state index in [-0.39, 0.29) is 6.04 Å². The van der Waals surface area contributed by atoms with Gasteiger partial charge in [-0.25, -0.2) is 9.97 Å². The maximum Gasteiger partial charge on any atom is 0.217 e. The van der Waals surface area contributed by atoms with Crippen molar-refractivity contribution in [3.8, 4) is 17.1 Å². The maximum absolute atomic E-state index is 5.45. The molecule has 4 aromatic heterocycles. The van der Waals surface area contributed by atoms with E-state index in [9.17, 15) is 0 Å². The molecular weight excluding hydrogens is 388 g/mol. The first-order valence-electron chi connectivity index (χ1n) is 10.5. The van der Waals surface area contributed by atoms with Crippen molar-refractivity contribution < 1.29 is 4.74 Å². The van der Waals surface area contributed by atoms with Crippen molar-refractivity contribution in [3.63, 3.8) is 0 Å². The molecule has 1 unspecified atom stereocenters. The number of hydrogen-bond acceptors (Lipinski definition) is 6. The Morgan fingerprint density at radius 3 is 2.74 bits per heavy atom. The number of piperazine rings is 1. The number of pyridine rings is 3. The van der Waals surface area contributed by atoms with E-state index in [4.69, 9.17) is 9.72 Å². The van der Waals surface area contributed by atoms with Crippen LogP contribution < -0.4 is 4.74 Å². The van der Waals surface area contributed by atoms with Gasteiger partial charge in [0, 0.05) is 62.1 Å². The summed E-state index contributed by atoms with van der Waals surface area (Å²) in [6.45, 7) is 3.71. The summed E-state index contributed by atoms with van der Waals surface area (Å²) in [6, 6.07) is 14.6. The molecule has 0 aromatic carbocycles. The summed E-state index contributed by atoms with van der Waals surface area (Å²) < 4.78 is 7.63. The summed E-state index contributed by atoms with van der Waals surface area (Å²) in [5.41, 5.74) is 5.42. The Morgan fingerprint density at radius 1 is 1.03 bits per heavy atom. The molecular formula is C24H26N6O. The van der Waals surface area contributed by atoms with Crippen molar-refractivity contribution in [1.82, 2.24) is 29.2 Å². The predicted octanol–water partition coefficient (Wildman–Crippen LogP) is 3.29. The lowest BCUT2D eigenvalue weighted by molar-refractivity contribution is 0.0878. The van der Waals surface area contributed by atoms with Gasteiger partial charge >= 0.3 is 0 Å². The van der Waals surface area contributed by atoms with Gasteiger partial charge in [-0.3, -0.25) is 19.2 Å². The second-order valence-corrected chi connectivity index (χ2v) is 7.94. The molecule has 0 amide bonds. The zero-order valence-electron chi connectivity index (χ0n) is 17.8. The summed E-state index contributed by atoms with van der Waals surface area (Å²) in [7, 11) is 3.86. The molecule has 0 bridgehead atoms. The van der Waals surface area contributed by atoms with Gasteiger partial charge < -0.3 is 4.74 Å². The average Bonchev–Trinajstić information content (AvgIpc) is 3.25. The fourth-order valence-electron chi connectivity index (χ4n) is 4.31. The highest BCUT2D eigenvalue weighted by molar-refractivity contribution is 5.63. The normalized spacial score (nSPS) is 17.8. The highest BCUT2D eigenvalue weighted by Gasteiger charge is 2.28. The molecule has 0 spiro atoms. The zero-order valence-corrected chi connectivity index (χ0v) is 17.8. The van der Waals surface area contributed by atoms with Gasteiger partial charge in [0.15, 0.2) is 0 Å². The standard InChI is InChI=1S/C24H26N6O/c1-28-13-14-29(15-19-5-4-10-26-24(19)31-2)17-22(28)20-16-30-21(6-3-7-23(30)27-20)18-8-11-25-12-9-18/h3-12,16,22H,13-15,17H2,1-2H3. The Kier molecular flexibility index (Phi) is 5.36. The van der Waals surface area contributed by atoms with Crippen LogP contribution in [0.4, 0.5) is 0 Å². The maximum atomic E-state index is 5.45. The lowest BCUT2D eigenvalue weighted by Gasteiger charge is -2.38. The number of nitrogens with zero attached hydrogens (tertiary/aromatic N) is 6. The molecule has 31 heavy (non-hydrogen) atoms. The van der Waals surface area contributed by atoms with Crippen molar-refractivity contribution in [2.75, 3.05) is 33.8 Å². The summed E-state index contributed by atoms with van der Waals surface area (Å²) in [5, 5.41) is 0. The molecule has 0 saturated carbocycles. The Bertz CT molecular complexity index is 1180. The molecule has 0 radical (unpaired) electrons. The van der Waals surface area contributed by atoms with Crippen LogP contribution in [0, 0.1) is 0 Å². The van der Waals surface area contributed by atoms with E-state index in [1.165, 1.54) is 0 Å². The summed E-state index contributed by atoms with van der Waals surface area (Å²) in [6.07, 6.45) is 7.60. The minimum absolute atomic E-state index is 0.224. The number of rotatable bonds is 5. The van der Waals surface area contributed by atoms with Gasteiger partial charge in [0.2, 0.25) is 5.88 Å². The molecule has 1 aliphatic rings. The molecule has 1 saturated heterocycles. The third-order valence-electron chi connectivity index (χ3n) is 6.00. The number of likely N-dealkylation sites (N-methyl/N-ethyl adjacent to an activating group) is 1. The van der Waals surface area contributed by atoms with Crippen molar-refractivity contribution in [1.29, 1.82) is 0 Å². The third-order valence-corrected chi connectivity index (χ3v) is 6.00. The Hall–Kier alpha value is -3.29. The molecule has 0 aliphatic carbocycles. The first-order chi connectivity index (χ1) is 15.2. The summed E-state index contributed by atoms with van der Waals surface area (Å²) >= 11 is 0. The van der Waals surface area contributed by atoms with Crippen LogP contribution in [-0.4, -0.2) is 62.9 Å². The molecule has 5 rings (SSSR count). The molecule has 5 heterocycles. The van der Waals surface area contributed by atoms with E-state index in [2.05, 4.69) is 61.7 Å². The third kappa shape index (κ3) is 3.89. The molecule has 1 atom stereocenters. The van der Waals surface area contributed by atoms with Gasteiger partial charge in [-0.2, -0.15) is 0 Å². The molecule has 0 N–H and O–H groups in total. The van der Waals surface area contributed by atoms with Crippen molar-refractivity contribution in [2.45, 2.75) is 12.6 Å². The van der Waals surface area contributed by atoms with Crippen LogP contribution in [0.25, 0.3) is 16.9 Å². The number of imidazole rings is 1. The van der Waals surface area contributed by atoms with E-state index >= 15 is 0 Å². The first-order valence-corrected chi connectivity index (χ1v) is 10.5. The lowest BCUT2D eigenvalue weighted by atomic mass is 10.1. The van der Waals surface area contributed by atoms with Crippen molar-refractivity contribution in [3.05, 3.63) is 78.5 Å². The molecule has 4 aromatic rings.